The van der Waals surface area contributed by atoms with Crippen molar-refractivity contribution in [1.82, 2.24) is 0 Å². The second-order valence-electron chi connectivity index (χ2n) is 4.68. The summed E-state index contributed by atoms with van der Waals surface area (Å²) < 4.78 is 0. The molecule has 1 N–H and O–H groups in total. The van der Waals surface area contributed by atoms with Crippen molar-refractivity contribution in [1.29, 1.82) is 0 Å². The fourth-order valence-electron chi connectivity index (χ4n) is 1.70. The highest BCUT2D eigenvalue weighted by molar-refractivity contribution is 5.23. The molecule has 1 aromatic carbocycles. The molecule has 0 aliphatic rings. The molecular weight excluding hydrogens is 184 g/mol. The van der Waals surface area contributed by atoms with E-state index in [4.69, 9.17) is 0 Å². The Kier molecular flexibility index (Phi) is 4.83. The molecule has 1 aromatic rings. The third-order valence-electron chi connectivity index (χ3n) is 2.61. The smallest absolute Gasteiger partial charge is 0.0577 e. The van der Waals surface area contributed by atoms with Crippen LogP contribution in [-0.2, 0) is 12.8 Å². The van der Waals surface area contributed by atoms with Crippen molar-refractivity contribution in [2.24, 2.45) is 5.92 Å². The Hall–Kier alpha value is -0.820. The van der Waals surface area contributed by atoms with Gasteiger partial charge in [-0.05, 0) is 36.3 Å². The molecule has 0 aliphatic heterocycles. The van der Waals surface area contributed by atoms with Gasteiger partial charge >= 0.3 is 0 Å². The Morgan fingerprint density at radius 2 is 1.47 bits per heavy atom. The summed E-state index contributed by atoms with van der Waals surface area (Å²) in [6.45, 7) is 6.47. The van der Waals surface area contributed by atoms with Gasteiger partial charge in [0.1, 0.15) is 0 Å². The molecular formula is C14H22O. The molecule has 84 valence electrons. The molecule has 1 rings (SSSR count). The van der Waals surface area contributed by atoms with Crippen LogP contribution in [-0.4, -0.2) is 11.2 Å². The maximum atomic E-state index is 9.53. The van der Waals surface area contributed by atoms with Gasteiger partial charge in [-0.3, -0.25) is 0 Å². The van der Waals surface area contributed by atoms with Gasteiger partial charge in [0.2, 0.25) is 0 Å². The van der Waals surface area contributed by atoms with Crippen LogP contribution in [0.15, 0.2) is 24.3 Å². The van der Waals surface area contributed by atoms with E-state index in [0.29, 0.717) is 5.92 Å². The van der Waals surface area contributed by atoms with Gasteiger partial charge in [-0.25, -0.2) is 0 Å². The van der Waals surface area contributed by atoms with E-state index in [1.54, 1.807) is 0 Å². The second-order valence-corrected chi connectivity index (χ2v) is 4.68. The maximum absolute atomic E-state index is 9.53. The second kappa shape index (κ2) is 5.92. The number of rotatable bonds is 5. The molecule has 15 heavy (non-hydrogen) atoms. The number of aliphatic hydroxyl groups excluding tert-OH is 1. The van der Waals surface area contributed by atoms with Crippen molar-refractivity contribution in [3.8, 4) is 0 Å². The summed E-state index contributed by atoms with van der Waals surface area (Å²) in [6.07, 6.45) is 2.55. The van der Waals surface area contributed by atoms with Crippen molar-refractivity contribution in [3.63, 3.8) is 0 Å². The van der Waals surface area contributed by atoms with Crippen LogP contribution >= 0.6 is 0 Å². The van der Waals surface area contributed by atoms with Gasteiger partial charge in [-0.1, -0.05) is 45.0 Å². The van der Waals surface area contributed by atoms with Gasteiger partial charge in [-0.15, -0.1) is 0 Å². The lowest BCUT2D eigenvalue weighted by Gasteiger charge is -2.09. The van der Waals surface area contributed by atoms with E-state index < -0.39 is 0 Å². The van der Waals surface area contributed by atoms with Gasteiger partial charge < -0.3 is 5.11 Å². The monoisotopic (exact) mass is 206 g/mol. The van der Waals surface area contributed by atoms with Crippen molar-refractivity contribution in [2.45, 2.75) is 46.1 Å². The van der Waals surface area contributed by atoms with E-state index in [2.05, 4.69) is 38.1 Å². The topological polar surface area (TPSA) is 20.2 Å². The number of benzene rings is 1. The first-order chi connectivity index (χ1) is 7.11. The molecule has 0 fully saturated rings. The van der Waals surface area contributed by atoms with Crippen LogP contribution in [0, 0.1) is 5.92 Å². The molecule has 1 heteroatoms. The molecule has 0 saturated heterocycles. The van der Waals surface area contributed by atoms with Gasteiger partial charge in [0.25, 0.3) is 0 Å². The lowest BCUT2D eigenvalue weighted by molar-refractivity contribution is 0.171. The zero-order valence-corrected chi connectivity index (χ0v) is 10.0. The molecule has 0 unspecified atom stereocenters. The predicted octanol–water partition coefficient (Wildman–Crippen LogP) is 3.20. The quantitative estimate of drug-likeness (QED) is 0.784. The van der Waals surface area contributed by atoms with Crippen molar-refractivity contribution in [3.05, 3.63) is 35.4 Å². The molecule has 1 nitrogen and oxygen atoms in total. The van der Waals surface area contributed by atoms with Crippen LogP contribution in [0.2, 0.25) is 0 Å². The van der Waals surface area contributed by atoms with E-state index in [9.17, 15) is 5.11 Å². The first-order valence-corrected chi connectivity index (χ1v) is 5.87. The number of hydrogen-bond donors (Lipinski definition) is 1. The molecule has 0 amide bonds. The zero-order valence-electron chi connectivity index (χ0n) is 10.0. The minimum Gasteiger partial charge on any atom is -0.393 e. The molecule has 0 saturated carbocycles. The first kappa shape index (κ1) is 12.3. The summed E-state index contributed by atoms with van der Waals surface area (Å²) in [5.74, 6) is 0.706. The van der Waals surface area contributed by atoms with Crippen LogP contribution in [0.1, 0.15) is 38.3 Å². The van der Waals surface area contributed by atoms with Crippen molar-refractivity contribution < 1.29 is 5.11 Å². The fraction of sp³-hybridized carbons (Fsp3) is 0.571. The average Bonchev–Trinajstić information content (AvgIpc) is 2.20. The number of aliphatic hydroxyl groups is 1. The summed E-state index contributed by atoms with van der Waals surface area (Å²) in [4.78, 5) is 0. The fourth-order valence-corrected chi connectivity index (χ4v) is 1.70. The Morgan fingerprint density at radius 1 is 1.00 bits per heavy atom. The van der Waals surface area contributed by atoms with E-state index >= 15 is 0 Å². The summed E-state index contributed by atoms with van der Waals surface area (Å²) >= 11 is 0. The molecule has 0 bridgehead atoms. The molecule has 0 radical (unpaired) electrons. The van der Waals surface area contributed by atoms with Crippen molar-refractivity contribution >= 4 is 0 Å². The first-order valence-electron chi connectivity index (χ1n) is 5.87. The summed E-state index contributed by atoms with van der Waals surface area (Å²) in [5.41, 5.74) is 2.62. The van der Waals surface area contributed by atoms with Crippen LogP contribution in [0.4, 0.5) is 0 Å². The Bertz CT molecular complexity index is 274. The third-order valence-corrected chi connectivity index (χ3v) is 2.61. The average molecular weight is 206 g/mol. The Labute approximate surface area is 93.1 Å². The highest BCUT2D eigenvalue weighted by atomic mass is 16.3. The van der Waals surface area contributed by atoms with Gasteiger partial charge in [0.15, 0.2) is 0 Å². The lowest BCUT2D eigenvalue weighted by atomic mass is 9.99. The zero-order chi connectivity index (χ0) is 11.3. The van der Waals surface area contributed by atoms with E-state index in [-0.39, 0.29) is 6.10 Å². The van der Waals surface area contributed by atoms with Crippen molar-refractivity contribution in [2.75, 3.05) is 0 Å². The third kappa shape index (κ3) is 4.48. The van der Waals surface area contributed by atoms with Crippen LogP contribution in [0.3, 0.4) is 0 Å². The summed E-state index contributed by atoms with van der Waals surface area (Å²) in [6, 6.07) is 8.63. The minimum absolute atomic E-state index is 0.194. The van der Waals surface area contributed by atoms with Crippen LogP contribution < -0.4 is 0 Å². The summed E-state index contributed by atoms with van der Waals surface area (Å²) in [5, 5.41) is 9.53. The number of hydrogen-bond acceptors (Lipinski definition) is 1. The van der Waals surface area contributed by atoms with E-state index in [1.807, 2.05) is 6.92 Å². The molecule has 0 heterocycles. The van der Waals surface area contributed by atoms with Gasteiger partial charge in [0.05, 0.1) is 6.10 Å². The van der Waals surface area contributed by atoms with E-state index in [0.717, 1.165) is 19.3 Å². The standard InChI is InChI=1S/C14H22O/c1-4-14(15)10-13-7-5-12(6-8-13)9-11(2)3/h5-8,11,14-15H,4,9-10H2,1-3H3/t14-/m1/s1. The normalized spacial score (nSPS) is 13.1. The largest absolute Gasteiger partial charge is 0.393 e. The van der Waals surface area contributed by atoms with Crippen LogP contribution in [0.25, 0.3) is 0 Å². The maximum Gasteiger partial charge on any atom is 0.0577 e. The minimum atomic E-state index is -0.194. The van der Waals surface area contributed by atoms with Gasteiger partial charge in [0, 0.05) is 0 Å². The predicted molar refractivity (Wildman–Crippen MR) is 65.0 cm³/mol. The highest BCUT2D eigenvalue weighted by Gasteiger charge is 2.03. The lowest BCUT2D eigenvalue weighted by Crippen LogP contribution is -2.08. The Balaban J connectivity index is 2.56. The molecule has 0 aliphatic carbocycles. The summed E-state index contributed by atoms with van der Waals surface area (Å²) in [7, 11) is 0. The Morgan fingerprint density at radius 3 is 1.87 bits per heavy atom. The molecule has 0 aromatic heterocycles. The van der Waals surface area contributed by atoms with E-state index in [1.165, 1.54) is 11.1 Å². The van der Waals surface area contributed by atoms with Gasteiger partial charge in [-0.2, -0.15) is 0 Å². The molecule has 0 spiro atoms. The molecule has 1 atom stereocenters. The highest BCUT2D eigenvalue weighted by Crippen LogP contribution is 2.11. The van der Waals surface area contributed by atoms with Crippen LogP contribution in [0.5, 0.6) is 0 Å². The SMILES string of the molecule is CC[C@@H](O)Cc1ccc(CC(C)C)cc1.